The van der Waals surface area contributed by atoms with Crippen LogP contribution in [0.25, 0.3) is 0 Å². The Bertz CT molecular complexity index is 719. The van der Waals surface area contributed by atoms with Crippen molar-refractivity contribution in [3.63, 3.8) is 0 Å². The Morgan fingerprint density at radius 2 is 2.20 bits per heavy atom. The summed E-state index contributed by atoms with van der Waals surface area (Å²) in [5.41, 5.74) is 0.836. The van der Waals surface area contributed by atoms with Gasteiger partial charge in [0.15, 0.2) is 0 Å². The summed E-state index contributed by atoms with van der Waals surface area (Å²) < 4.78 is 28.0. The molecular formula is C10H13N5O3S2. The molecule has 0 aliphatic heterocycles. The van der Waals surface area contributed by atoms with Crippen molar-refractivity contribution < 1.29 is 13.2 Å². The fourth-order valence-corrected chi connectivity index (χ4v) is 3.43. The molecule has 0 aliphatic carbocycles. The summed E-state index contributed by atoms with van der Waals surface area (Å²) in [6.45, 7) is 1.47. The van der Waals surface area contributed by atoms with E-state index in [1.54, 1.807) is 0 Å². The molecule has 0 aliphatic rings. The van der Waals surface area contributed by atoms with Crippen molar-refractivity contribution in [1.82, 2.24) is 19.5 Å². The quantitative estimate of drug-likeness (QED) is 0.773. The number of amides is 1. The van der Waals surface area contributed by atoms with Gasteiger partial charge in [-0.25, -0.2) is 13.1 Å². The predicted molar refractivity (Wildman–Crippen MR) is 73.7 cm³/mol. The Labute approximate surface area is 119 Å². The van der Waals surface area contributed by atoms with E-state index < -0.39 is 10.0 Å². The summed E-state index contributed by atoms with van der Waals surface area (Å²) in [5, 5.41) is 9.69. The number of nitrogens with zero attached hydrogens (tertiary/aromatic N) is 3. The van der Waals surface area contributed by atoms with Crippen molar-refractivity contribution in [3.05, 3.63) is 24.0 Å². The van der Waals surface area contributed by atoms with E-state index in [1.165, 1.54) is 6.92 Å². The molecule has 0 saturated carbocycles. The molecule has 0 atom stereocenters. The van der Waals surface area contributed by atoms with Gasteiger partial charge in [0.05, 0.1) is 0 Å². The Kier molecular flexibility index (Phi) is 4.16. The van der Waals surface area contributed by atoms with Gasteiger partial charge in [-0.3, -0.25) is 4.79 Å². The maximum Gasteiger partial charge on any atom is 0.270 e. The van der Waals surface area contributed by atoms with Crippen LogP contribution in [0.4, 0.5) is 5.13 Å². The number of aromatic nitrogens is 3. The van der Waals surface area contributed by atoms with Crippen LogP contribution in [0.3, 0.4) is 0 Å². The predicted octanol–water partition coefficient (Wildman–Crippen LogP) is 0.313. The van der Waals surface area contributed by atoms with Crippen LogP contribution in [0.1, 0.15) is 12.5 Å². The first-order chi connectivity index (χ1) is 9.37. The number of nitrogens with one attached hydrogen (secondary N) is 2. The Morgan fingerprint density at radius 1 is 1.45 bits per heavy atom. The molecule has 2 heterocycles. The molecule has 0 unspecified atom stereocenters. The second-order valence-electron chi connectivity index (χ2n) is 4.06. The van der Waals surface area contributed by atoms with Crippen LogP contribution >= 0.6 is 11.3 Å². The van der Waals surface area contributed by atoms with Gasteiger partial charge in [0, 0.05) is 32.9 Å². The van der Waals surface area contributed by atoms with Gasteiger partial charge in [-0.1, -0.05) is 11.3 Å². The first-order valence-electron chi connectivity index (χ1n) is 5.58. The van der Waals surface area contributed by atoms with Gasteiger partial charge in [-0.2, -0.15) is 0 Å². The van der Waals surface area contributed by atoms with Gasteiger partial charge in [0.25, 0.3) is 10.0 Å². The SMILES string of the molecule is CC(=O)Nc1nnc(S(=O)(=O)NCc2ccn(C)c2)s1. The van der Waals surface area contributed by atoms with E-state index in [-0.39, 0.29) is 21.9 Å². The second-order valence-corrected chi connectivity index (χ2v) is 6.98. The molecule has 0 bridgehead atoms. The number of carbonyl (C=O) groups excluding carboxylic acids is 1. The summed E-state index contributed by atoms with van der Waals surface area (Å²) >= 11 is 0.799. The minimum atomic E-state index is -3.73. The second kappa shape index (κ2) is 5.69. The molecular weight excluding hydrogens is 302 g/mol. The van der Waals surface area contributed by atoms with Crippen molar-refractivity contribution >= 4 is 32.4 Å². The molecule has 2 N–H and O–H groups in total. The zero-order chi connectivity index (χ0) is 14.8. The number of hydrogen-bond acceptors (Lipinski definition) is 6. The molecule has 1 amide bonds. The number of sulfonamides is 1. The van der Waals surface area contributed by atoms with Crippen LogP contribution in [-0.4, -0.2) is 29.1 Å². The van der Waals surface area contributed by atoms with Gasteiger partial charge in [0.1, 0.15) is 0 Å². The third-order valence-electron chi connectivity index (χ3n) is 2.28. The molecule has 0 spiro atoms. The number of carbonyl (C=O) groups is 1. The molecule has 0 radical (unpaired) electrons. The minimum absolute atomic E-state index is 0.151. The van der Waals surface area contributed by atoms with Crippen LogP contribution in [-0.2, 0) is 28.4 Å². The van der Waals surface area contributed by atoms with Gasteiger partial charge in [-0.15, -0.1) is 10.2 Å². The zero-order valence-electron chi connectivity index (χ0n) is 10.8. The molecule has 2 rings (SSSR count). The maximum absolute atomic E-state index is 12.0. The van der Waals surface area contributed by atoms with Crippen LogP contribution in [0.2, 0.25) is 0 Å². The van der Waals surface area contributed by atoms with Crippen molar-refractivity contribution in [2.45, 2.75) is 17.8 Å². The van der Waals surface area contributed by atoms with Crippen molar-refractivity contribution in [1.29, 1.82) is 0 Å². The average Bonchev–Trinajstić information content (AvgIpc) is 2.95. The lowest BCUT2D eigenvalue weighted by Crippen LogP contribution is -2.22. The summed E-state index contributed by atoms with van der Waals surface area (Å²) in [6.07, 6.45) is 3.63. The Hall–Kier alpha value is -1.78. The largest absolute Gasteiger partial charge is 0.357 e. The highest BCUT2D eigenvalue weighted by atomic mass is 32.2. The lowest BCUT2D eigenvalue weighted by Gasteiger charge is -2.01. The highest BCUT2D eigenvalue weighted by Gasteiger charge is 2.20. The number of aryl methyl sites for hydroxylation is 1. The molecule has 8 nitrogen and oxygen atoms in total. The first-order valence-corrected chi connectivity index (χ1v) is 7.88. The third kappa shape index (κ3) is 3.62. The zero-order valence-corrected chi connectivity index (χ0v) is 12.5. The highest BCUT2D eigenvalue weighted by molar-refractivity contribution is 7.91. The van der Waals surface area contributed by atoms with Crippen molar-refractivity contribution in [3.8, 4) is 0 Å². The van der Waals surface area contributed by atoms with E-state index in [0.717, 1.165) is 16.9 Å². The molecule has 0 saturated heterocycles. The van der Waals surface area contributed by atoms with Crippen LogP contribution < -0.4 is 10.0 Å². The fraction of sp³-hybridized carbons (Fsp3) is 0.300. The van der Waals surface area contributed by atoms with Gasteiger partial charge < -0.3 is 9.88 Å². The minimum Gasteiger partial charge on any atom is -0.357 e. The highest BCUT2D eigenvalue weighted by Crippen LogP contribution is 2.19. The van der Waals surface area contributed by atoms with Gasteiger partial charge in [-0.05, 0) is 11.6 Å². The average molecular weight is 315 g/mol. The fourth-order valence-electron chi connectivity index (χ4n) is 1.43. The van der Waals surface area contributed by atoms with E-state index in [9.17, 15) is 13.2 Å². The summed E-state index contributed by atoms with van der Waals surface area (Å²) in [7, 11) is -1.88. The standard InChI is InChI=1S/C10H13N5O3S2/c1-7(16)12-9-13-14-10(19-9)20(17,18)11-5-8-3-4-15(2)6-8/h3-4,6,11H,5H2,1-2H3,(H,12,13,16). The van der Waals surface area contributed by atoms with E-state index in [2.05, 4.69) is 20.2 Å². The molecule has 0 aromatic carbocycles. The summed E-state index contributed by atoms with van der Waals surface area (Å²) in [4.78, 5) is 10.8. The third-order valence-corrected chi connectivity index (χ3v) is 4.89. The molecule has 0 fully saturated rings. The monoisotopic (exact) mass is 315 g/mol. The lowest BCUT2D eigenvalue weighted by atomic mass is 10.4. The van der Waals surface area contributed by atoms with Crippen LogP contribution in [0, 0.1) is 0 Å². The normalized spacial score (nSPS) is 11.5. The molecule has 108 valence electrons. The number of rotatable bonds is 5. The van der Waals surface area contributed by atoms with E-state index in [1.807, 2.05) is 30.1 Å². The summed E-state index contributed by atoms with van der Waals surface area (Å²) in [6, 6.07) is 1.81. The van der Waals surface area contributed by atoms with Gasteiger partial charge >= 0.3 is 0 Å². The summed E-state index contributed by atoms with van der Waals surface area (Å²) in [5.74, 6) is -0.331. The van der Waals surface area contributed by atoms with Crippen molar-refractivity contribution in [2.24, 2.45) is 7.05 Å². The smallest absolute Gasteiger partial charge is 0.270 e. The first kappa shape index (κ1) is 14.6. The molecule has 20 heavy (non-hydrogen) atoms. The molecule has 2 aromatic rings. The Morgan fingerprint density at radius 3 is 2.80 bits per heavy atom. The van der Waals surface area contributed by atoms with E-state index in [4.69, 9.17) is 0 Å². The topological polar surface area (TPSA) is 106 Å². The number of hydrogen-bond donors (Lipinski definition) is 2. The van der Waals surface area contributed by atoms with E-state index in [0.29, 0.717) is 0 Å². The maximum atomic E-state index is 12.0. The van der Waals surface area contributed by atoms with E-state index >= 15 is 0 Å². The van der Waals surface area contributed by atoms with Crippen LogP contribution in [0.5, 0.6) is 0 Å². The Balaban J connectivity index is 2.06. The molecule has 10 heteroatoms. The molecule has 2 aromatic heterocycles. The number of anilines is 1. The van der Waals surface area contributed by atoms with Gasteiger partial charge in [0.2, 0.25) is 15.4 Å². The van der Waals surface area contributed by atoms with Crippen LogP contribution in [0.15, 0.2) is 22.8 Å². The van der Waals surface area contributed by atoms with Crippen molar-refractivity contribution in [2.75, 3.05) is 5.32 Å². The lowest BCUT2D eigenvalue weighted by molar-refractivity contribution is -0.114.